The molecule has 0 spiro atoms. The fraction of sp³-hybridized carbons (Fsp3) is 0.250. The van der Waals surface area contributed by atoms with E-state index in [1.807, 2.05) is 60.7 Å². The number of fused-ring (bicyclic) bond motifs is 1. The van der Waals surface area contributed by atoms with E-state index in [1.165, 1.54) is 6.20 Å². The Morgan fingerprint density at radius 1 is 0.897 bits per heavy atom. The number of aromatic nitrogens is 2. The van der Waals surface area contributed by atoms with Crippen LogP contribution in [0.2, 0.25) is 0 Å². The van der Waals surface area contributed by atoms with Crippen molar-refractivity contribution in [1.82, 2.24) is 9.97 Å². The Bertz CT molecular complexity index is 1430. The van der Waals surface area contributed by atoms with E-state index in [0.29, 0.717) is 17.5 Å². The van der Waals surface area contributed by atoms with Crippen LogP contribution in [0.4, 0.5) is 0 Å². The van der Waals surface area contributed by atoms with Gasteiger partial charge in [-0.15, -0.1) is 0 Å². The Morgan fingerprint density at radius 2 is 1.54 bits per heavy atom. The molecule has 0 unspecified atom stereocenters. The van der Waals surface area contributed by atoms with Gasteiger partial charge in [0.1, 0.15) is 11.2 Å². The molecular formula is C28H28BrN2O7P. The summed E-state index contributed by atoms with van der Waals surface area (Å²) in [5.41, 5.74) is 2.32. The highest BCUT2D eigenvalue weighted by atomic mass is 79.9. The minimum absolute atomic E-state index is 0.0405. The Labute approximate surface area is 234 Å². The molecule has 0 aliphatic carbocycles. The highest BCUT2D eigenvalue weighted by Crippen LogP contribution is 2.51. The monoisotopic (exact) mass is 614 g/mol. The van der Waals surface area contributed by atoms with Crippen molar-refractivity contribution in [1.29, 1.82) is 0 Å². The Kier molecular flexibility index (Phi) is 10.6. The summed E-state index contributed by atoms with van der Waals surface area (Å²) in [5, 5.41) is 1.04. The smallest absolute Gasteiger partial charge is 0.462 e. The zero-order valence-electron chi connectivity index (χ0n) is 21.1. The molecule has 0 amide bonds. The van der Waals surface area contributed by atoms with Crippen molar-refractivity contribution in [3.8, 4) is 0 Å². The number of carbonyl (C=O) groups is 1. The third kappa shape index (κ3) is 8.42. The minimum Gasteiger partial charge on any atom is -0.462 e. The number of hydrogen-bond donors (Lipinski definition) is 1. The van der Waals surface area contributed by atoms with Gasteiger partial charge in [0.15, 0.2) is 0 Å². The van der Waals surface area contributed by atoms with Gasteiger partial charge in [-0.05, 0) is 29.2 Å². The number of nitrogens with one attached hydrogen (secondary N) is 1. The molecule has 11 heteroatoms. The molecule has 2 heterocycles. The third-order valence-electron chi connectivity index (χ3n) is 5.63. The SMILES string of the molecule is O=C(OCCCOP(=O)(OCc1ccccc1)OCc1ccccc1)c1c[nH]c2ncc(CCBr)cc2c1=O. The summed E-state index contributed by atoms with van der Waals surface area (Å²) in [6, 6.07) is 20.2. The predicted octanol–water partition coefficient (Wildman–Crippen LogP) is 5.97. The quantitative estimate of drug-likeness (QED) is 0.0799. The third-order valence-corrected chi connectivity index (χ3v) is 7.41. The molecule has 0 saturated carbocycles. The zero-order chi connectivity index (χ0) is 27.5. The molecule has 0 aliphatic rings. The Morgan fingerprint density at radius 3 is 2.15 bits per heavy atom. The summed E-state index contributed by atoms with van der Waals surface area (Å²) in [5.74, 6) is -0.770. The summed E-state index contributed by atoms with van der Waals surface area (Å²) < 4.78 is 35.2. The molecule has 2 aromatic carbocycles. The lowest BCUT2D eigenvalue weighted by molar-refractivity contribution is 0.0466. The molecule has 0 aliphatic heterocycles. The van der Waals surface area contributed by atoms with Gasteiger partial charge in [0, 0.05) is 24.1 Å². The van der Waals surface area contributed by atoms with Gasteiger partial charge in [-0.3, -0.25) is 18.4 Å². The first-order valence-corrected chi connectivity index (χ1v) is 14.9. The molecule has 0 fully saturated rings. The average molecular weight is 615 g/mol. The van der Waals surface area contributed by atoms with E-state index in [9.17, 15) is 14.2 Å². The van der Waals surface area contributed by atoms with Crippen LogP contribution in [-0.4, -0.2) is 34.5 Å². The maximum atomic E-state index is 13.3. The van der Waals surface area contributed by atoms with Gasteiger partial charge in [-0.2, -0.15) is 0 Å². The summed E-state index contributed by atoms with van der Waals surface area (Å²) in [4.78, 5) is 32.6. The van der Waals surface area contributed by atoms with Crippen molar-refractivity contribution >= 4 is 40.8 Å². The standard InChI is InChI=1S/C28H28BrN2O7P/c29-13-12-23-16-24-26(32)25(18-31-27(24)30-17-23)28(33)35-14-7-15-36-39(34,37-19-21-8-3-1-4-9-21)38-20-22-10-5-2-6-11-22/h1-6,8-11,16-18H,7,12-15,19-20H2,(H,30,31,32). The highest BCUT2D eigenvalue weighted by molar-refractivity contribution is 9.09. The van der Waals surface area contributed by atoms with Crippen molar-refractivity contribution in [2.75, 3.05) is 18.5 Å². The Hall–Kier alpha value is -3.14. The van der Waals surface area contributed by atoms with E-state index in [0.717, 1.165) is 22.0 Å². The molecule has 1 N–H and O–H groups in total. The topological polar surface area (TPSA) is 117 Å². The number of nitrogens with zero attached hydrogens (tertiary/aromatic N) is 1. The first kappa shape index (κ1) is 28.9. The van der Waals surface area contributed by atoms with Crippen molar-refractivity contribution in [2.45, 2.75) is 26.1 Å². The van der Waals surface area contributed by atoms with Crippen molar-refractivity contribution in [3.05, 3.63) is 112 Å². The number of hydrogen-bond acceptors (Lipinski definition) is 8. The molecule has 9 nitrogen and oxygen atoms in total. The van der Waals surface area contributed by atoms with E-state index < -0.39 is 19.2 Å². The number of carbonyl (C=O) groups excluding carboxylic acids is 1. The number of benzene rings is 2. The molecule has 204 valence electrons. The van der Waals surface area contributed by atoms with Crippen LogP contribution < -0.4 is 5.43 Å². The number of rotatable bonds is 14. The van der Waals surface area contributed by atoms with Crippen molar-refractivity contribution in [2.24, 2.45) is 0 Å². The van der Waals surface area contributed by atoms with Crippen LogP contribution >= 0.6 is 23.8 Å². The summed E-state index contributed by atoms with van der Waals surface area (Å²) >= 11 is 3.37. The molecule has 4 rings (SSSR count). The van der Waals surface area contributed by atoms with Gasteiger partial charge in [0.25, 0.3) is 0 Å². The van der Waals surface area contributed by atoms with E-state index in [2.05, 4.69) is 25.9 Å². The van der Waals surface area contributed by atoms with E-state index in [1.54, 1.807) is 12.3 Å². The second-order valence-electron chi connectivity index (χ2n) is 8.50. The number of phosphoric ester groups is 1. The van der Waals surface area contributed by atoms with Crippen LogP contribution in [-0.2, 0) is 42.5 Å². The molecule has 2 aromatic heterocycles. The molecule has 0 bridgehead atoms. The van der Waals surface area contributed by atoms with Crippen LogP contribution in [0.3, 0.4) is 0 Å². The lowest BCUT2D eigenvalue weighted by Gasteiger charge is -2.18. The lowest BCUT2D eigenvalue weighted by Crippen LogP contribution is -2.19. The Balaban J connectivity index is 1.32. The second-order valence-corrected chi connectivity index (χ2v) is 11.0. The molecule has 0 radical (unpaired) electrons. The molecule has 39 heavy (non-hydrogen) atoms. The maximum absolute atomic E-state index is 13.3. The van der Waals surface area contributed by atoms with Gasteiger partial charge in [-0.25, -0.2) is 14.3 Å². The molecule has 0 atom stereocenters. The average Bonchev–Trinajstić information content (AvgIpc) is 2.97. The fourth-order valence-electron chi connectivity index (χ4n) is 3.59. The normalized spacial score (nSPS) is 11.5. The van der Waals surface area contributed by atoms with E-state index in [4.69, 9.17) is 18.3 Å². The van der Waals surface area contributed by atoms with Crippen LogP contribution in [0.25, 0.3) is 11.0 Å². The predicted molar refractivity (Wildman–Crippen MR) is 151 cm³/mol. The molecular weight excluding hydrogens is 587 g/mol. The van der Waals surface area contributed by atoms with Gasteiger partial charge in [0.05, 0.1) is 31.8 Å². The summed E-state index contributed by atoms with van der Waals surface area (Å²) in [6.45, 7) is -0.0325. The van der Waals surface area contributed by atoms with Crippen LogP contribution in [0.5, 0.6) is 0 Å². The highest BCUT2D eigenvalue weighted by Gasteiger charge is 2.27. The zero-order valence-corrected chi connectivity index (χ0v) is 23.6. The number of aromatic amines is 1. The van der Waals surface area contributed by atoms with Gasteiger partial charge in [0.2, 0.25) is 5.43 Å². The largest absolute Gasteiger partial charge is 0.475 e. The lowest BCUT2D eigenvalue weighted by atomic mass is 10.1. The summed E-state index contributed by atoms with van der Waals surface area (Å²) in [6.07, 6.45) is 3.89. The first-order valence-electron chi connectivity index (χ1n) is 12.3. The van der Waals surface area contributed by atoms with Crippen molar-refractivity contribution in [3.63, 3.8) is 0 Å². The number of H-pyrrole nitrogens is 1. The van der Waals surface area contributed by atoms with Crippen LogP contribution in [0, 0.1) is 0 Å². The molecule has 0 saturated heterocycles. The number of pyridine rings is 2. The fourth-order valence-corrected chi connectivity index (χ4v) is 5.24. The number of alkyl halides is 1. The minimum atomic E-state index is -3.92. The van der Waals surface area contributed by atoms with E-state index >= 15 is 0 Å². The number of aryl methyl sites for hydroxylation is 1. The maximum Gasteiger partial charge on any atom is 0.475 e. The summed E-state index contributed by atoms with van der Waals surface area (Å²) in [7, 11) is -3.92. The first-order chi connectivity index (χ1) is 19.0. The molecule has 4 aromatic rings. The van der Waals surface area contributed by atoms with Gasteiger partial charge < -0.3 is 9.72 Å². The van der Waals surface area contributed by atoms with Gasteiger partial charge in [-0.1, -0.05) is 76.6 Å². The van der Waals surface area contributed by atoms with Crippen molar-refractivity contribution < 1.29 is 27.7 Å². The number of halogens is 1. The van der Waals surface area contributed by atoms with Crippen LogP contribution in [0.1, 0.15) is 33.5 Å². The van der Waals surface area contributed by atoms with E-state index in [-0.39, 0.29) is 38.4 Å². The number of phosphoric acid groups is 1. The number of esters is 1. The second kappa shape index (κ2) is 14.3. The number of ether oxygens (including phenoxy) is 1. The van der Waals surface area contributed by atoms with Gasteiger partial charge >= 0.3 is 13.8 Å². The van der Waals surface area contributed by atoms with Crippen LogP contribution in [0.15, 0.2) is 83.9 Å².